The molecule has 2 N–H and O–H groups in total. The SMILES string of the molecule is CCC(C)NC(=O)CCNC(C)c1cncc(F)c1. The molecule has 1 aromatic rings. The summed E-state index contributed by atoms with van der Waals surface area (Å²) < 4.78 is 13.0. The van der Waals surface area contributed by atoms with Crippen LogP contribution in [0.3, 0.4) is 0 Å². The molecular formula is C14H22FN3O. The van der Waals surface area contributed by atoms with Gasteiger partial charge in [0, 0.05) is 31.2 Å². The van der Waals surface area contributed by atoms with Crippen molar-refractivity contribution in [1.29, 1.82) is 0 Å². The zero-order valence-corrected chi connectivity index (χ0v) is 11.7. The molecule has 0 aliphatic rings. The number of carbonyl (C=O) groups is 1. The molecule has 1 aromatic heterocycles. The lowest BCUT2D eigenvalue weighted by Crippen LogP contribution is -2.34. The Labute approximate surface area is 113 Å². The van der Waals surface area contributed by atoms with E-state index >= 15 is 0 Å². The van der Waals surface area contributed by atoms with Crippen molar-refractivity contribution in [2.75, 3.05) is 6.54 Å². The summed E-state index contributed by atoms with van der Waals surface area (Å²) in [5.41, 5.74) is 0.780. The minimum absolute atomic E-state index is 0.0281. The average Bonchev–Trinajstić information content (AvgIpc) is 2.38. The minimum atomic E-state index is -0.347. The molecule has 0 aliphatic carbocycles. The van der Waals surface area contributed by atoms with E-state index in [1.54, 1.807) is 6.20 Å². The van der Waals surface area contributed by atoms with Gasteiger partial charge in [-0.3, -0.25) is 9.78 Å². The highest BCUT2D eigenvalue weighted by Crippen LogP contribution is 2.11. The van der Waals surface area contributed by atoms with Crippen LogP contribution < -0.4 is 10.6 Å². The number of hydrogen-bond donors (Lipinski definition) is 2. The molecule has 4 nitrogen and oxygen atoms in total. The predicted molar refractivity (Wildman–Crippen MR) is 73.1 cm³/mol. The van der Waals surface area contributed by atoms with Crippen LogP contribution in [0.5, 0.6) is 0 Å². The second kappa shape index (κ2) is 7.84. The van der Waals surface area contributed by atoms with Crippen LogP contribution in [-0.2, 0) is 4.79 Å². The Bertz CT molecular complexity index is 411. The lowest BCUT2D eigenvalue weighted by atomic mass is 10.1. The van der Waals surface area contributed by atoms with E-state index in [-0.39, 0.29) is 23.8 Å². The molecule has 0 saturated heterocycles. The van der Waals surface area contributed by atoms with Gasteiger partial charge in [0.05, 0.1) is 6.20 Å². The molecule has 0 aliphatic heterocycles. The van der Waals surface area contributed by atoms with Gasteiger partial charge >= 0.3 is 0 Å². The number of pyridine rings is 1. The van der Waals surface area contributed by atoms with Gasteiger partial charge in [-0.15, -0.1) is 0 Å². The first-order valence-corrected chi connectivity index (χ1v) is 6.66. The Balaban J connectivity index is 2.31. The van der Waals surface area contributed by atoms with E-state index in [1.807, 2.05) is 20.8 Å². The summed E-state index contributed by atoms with van der Waals surface area (Å²) in [5, 5.41) is 6.08. The number of halogens is 1. The Morgan fingerprint density at radius 1 is 1.42 bits per heavy atom. The van der Waals surface area contributed by atoms with E-state index in [9.17, 15) is 9.18 Å². The standard InChI is InChI=1S/C14H22FN3O/c1-4-10(2)18-14(19)5-6-17-11(3)12-7-13(15)9-16-8-12/h7-11,17H,4-6H2,1-3H3,(H,18,19). The van der Waals surface area contributed by atoms with E-state index in [1.165, 1.54) is 12.3 Å². The predicted octanol–water partition coefficient (Wildman–Crippen LogP) is 2.18. The first-order valence-electron chi connectivity index (χ1n) is 6.66. The summed E-state index contributed by atoms with van der Waals surface area (Å²) in [5.74, 6) is -0.313. The van der Waals surface area contributed by atoms with Crippen LogP contribution in [0.25, 0.3) is 0 Å². The van der Waals surface area contributed by atoms with E-state index in [0.29, 0.717) is 13.0 Å². The zero-order valence-electron chi connectivity index (χ0n) is 11.7. The number of aromatic nitrogens is 1. The second-order valence-corrected chi connectivity index (χ2v) is 4.74. The molecule has 2 atom stereocenters. The molecule has 1 rings (SSSR count). The molecule has 0 bridgehead atoms. The van der Waals surface area contributed by atoms with Gasteiger partial charge in [0.15, 0.2) is 0 Å². The Hall–Kier alpha value is -1.49. The third kappa shape index (κ3) is 5.79. The van der Waals surface area contributed by atoms with E-state index in [0.717, 1.165) is 12.0 Å². The molecule has 5 heteroatoms. The fourth-order valence-corrected chi connectivity index (χ4v) is 1.63. The summed E-state index contributed by atoms with van der Waals surface area (Å²) in [6.07, 6.45) is 4.14. The van der Waals surface area contributed by atoms with Gasteiger partial charge < -0.3 is 10.6 Å². The van der Waals surface area contributed by atoms with Crippen LogP contribution in [0.2, 0.25) is 0 Å². The van der Waals surface area contributed by atoms with Crippen LogP contribution in [0, 0.1) is 5.82 Å². The molecule has 2 unspecified atom stereocenters. The maximum absolute atomic E-state index is 13.0. The van der Waals surface area contributed by atoms with Crippen LogP contribution in [0.15, 0.2) is 18.5 Å². The molecule has 0 saturated carbocycles. The fourth-order valence-electron chi connectivity index (χ4n) is 1.63. The molecule has 1 amide bonds. The summed E-state index contributed by atoms with van der Waals surface area (Å²) in [6, 6.07) is 1.63. The molecule has 0 spiro atoms. The van der Waals surface area contributed by atoms with Crippen molar-refractivity contribution in [2.24, 2.45) is 0 Å². The summed E-state index contributed by atoms with van der Waals surface area (Å²) in [7, 11) is 0. The smallest absolute Gasteiger partial charge is 0.221 e. The summed E-state index contributed by atoms with van der Waals surface area (Å²) >= 11 is 0. The lowest BCUT2D eigenvalue weighted by molar-refractivity contribution is -0.121. The Morgan fingerprint density at radius 2 is 2.16 bits per heavy atom. The number of nitrogens with one attached hydrogen (secondary N) is 2. The first-order chi connectivity index (χ1) is 9.02. The van der Waals surface area contributed by atoms with E-state index in [4.69, 9.17) is 0 Å². The number of amides is 1. The highest BCUT2D eigenvalue weighted by molar-refractivity contribution is 5.76. The molecule has 0 fully saturated rings. The molecule has 19 heavy (non-hydrogen) atoms. The Morgan fingerprint density at radius 3 is 2.79 bits per heavy atom. The lowest BCUT2D eigenvalue weighted by Gasteiger charge is -2.15. The average molecular weight is 267 g/mol. The van der Waals surface area contributed by atoms with Crippen molar-refractivity contribution < 1.29 is 9.18 Å². The van der Waals surface area contributed by atoms with Crippen molar-refractivity contribution in [1.82, 2.24) is 15.6 Å². The molecular weight excluding hydrogens is 245 g/mol. The maximum Gasteiger partial charge on any atom is 0.221 e. The highest BCUT2D eigenvalue weighted by atomic mass is 19.1. The third-order valence-electron chi connectivity index (χ3n) is 3.05. The van der Waals surface area contributed by atoms with Gasteiger partial charge in [-0.25, -0.2) is 4.39 Å². The van der Waals surface area contributed by atoms with Crippen molar-refractivity contribution in [3.05, 3.63) is 29.8 Å². The van der Waals surface area contributed by atoms with Crippen molar-refractivity contribution in [2.45, 2.75) is 45.7 Å². The summed E-state index contributed by atoms with van der Waals surface area (Å²) in [6.45, 7) is 6.48. The first kappa shape index (κ1) is 15.6. The van der Waals surface area contributed by atoms with Crippen molar-refractivity contribution >= 4 is 5.91 Å². The van der Waals surface area contributed by atoms with E-state index in [2.05, 4.69) is 15.6 Å². The number of nitrogens with zero attached hydrogens (tertiary/aromatic N) is 1. The molecule has 106 valence electrons. The van der Waals surface area contributed by atoms with Gasteiger partial charge in [0.25, 0.3) is 0 Å². The monoisotopic (exact) mass is 267 g/mol. The van der Waals surface area contributed by atoms with Crippen LogP contribution in [0.1, 0.15) is 45.2 Å². The second-order valence-electron chi connectivity index (χ2n) is 4.74. The van der Waals surface area contributed by atoms with Crippen LogP contribution in [0.4, 0.5) is 4.39 Å². The van der Waals surface area contributed by atoms with Crippen molar-refractivity contribution in [3.63, 3.8) is 0 Å². The number of carbonyl (C=O) groups excluding carboxylic acids is 1. The minimum Gasteiger partial charge on any atom is -0.354 e. The summed E-state index contributed by atoms with van der Waals surface area (Å²) in [4.78, 5) is 15.4. The van der Waals surface area contributed by atoms with Gasteiger partial charge in [-0.05, 0) is 31.9 Å². The van der Waals surface area contributed by atoms with E-state index < -0.39 is 0 Å². The zero-order chi connectivity index (χ0) is 14.3. The largest absolute Gasteiger partial charge is 0.354 e. The van der Waals surface area contributed by atoms with Gasteiger partial charge in [0.1, 0.15) is 5.82 Å². The normalized spacial score (nSPS) is 13.9. The highest BCUT2D eigenvalue weighted by Gasteiger charge is 2.08. The van der Waals surface area contributed by atoms with Crippen LogP contribution in [-0.4, -0.2) is 23.5 Å². The van der Waals surface area contributed by atoms with Gasteiger partial charge in [-0.2, -0.15) is 0 Å². The topological polar surface area (TPSA) is 54.0 Å². The molecule has 0 aromatic carbocycles. The maximum atomic E-state index is 13.0. The van der Waals surface area contributed by atoms with Gasteiger partial charge in [-0.1, -0.05) is 6.92 Å². The fraction of sp³-hybridized carbons (Fsp3) is 0.571. The van der Waals surface area contributed by atoms with Crippen LogP contribution >= 0.6 is 0 Å². The molecule has 1 heterocycles. The third-order valence-corrected chi connectivity index (χ3v) is 3.05. The quantitative estimate of drug-likeness (QED) is 0.796. The number of rotatable bonds is 7. The van der Waals surface area contributed by atoms with Gasteiger partial charge in [0.2, 0.25) is 5.91 Å². The number of hydrogen-bond acceptors (Lipinski definition) is 3. The van der Waals surface area contributed by atoms with Crippen molar-refractivity contribution in [3.8, 4) is 0 Å². The Kier molecular flexibility index (Phi) is 6.42. The molecule has 0 radical (unpaired) electrons.